The first kappa shape index (κ1) is 17.8. The molecule has 0 saturated heterocycles. The highest BCUT2D eigenvalue weighted by Crippen LogP contribution is 2.32. The van der Waals surface area contributed by atoms with Crippen molar-refractivity contribution in [2.75, 3.05) is 4.90 Å². The van der Waals surface area contributed by atoms with Gasteiger partial charge in [0.15, 0.2) is 0 Å². The van der Waals surface area contributed by atoms with Crippen molar-refractivity contribution in [3.05, 3.63) is 74.9 Å². The number of carbonyl (C=O) groups is 2. The number of amides is 2. The summed E-state index contributed by atoms with van der Waals surface area (Å²) in [7, 11) is 0. The zero-order valence-corrected chi connectivity index (χ0v) is 15.4. The van der Waals surface area contributed by atoms with Crippen LogP contribution in [0.1, 0.15) is 18.5 Å². The van der Waals surface area contributed by atoms with Gasteiger partial charge in [0.05, 0.1) is 5.69 Å². The molecule has 128 valence electrons. The number of imide groups is 1. The molecule has 1 heterocycles. The fraction of sp³-hybridized carbons (Fsp3) is 0.111. The smallest absolute Gasteiger partial charge is 0.283 e. The number of carbonyl (C=O) groups excluding carboxylic acids is 2. The average Bonchev–Trinajstić information content (AvgIpc) is 2.78. The predicted molar refractivity (Wildman–Crippen MR) is 99.8 cm³/mol. The van der Waals surface area contributed by atoms with Gasteiger partial charge in [-0.05, 0) is 30.7 Å². The van der Waals surface area contributed by atoms with Gasteiger partial charge in [-0.3, -0.25) is 9.59 Å². The second kappa shape index (κ2) is 7.08. The molecule has 1 unspecified atom stereocenters. The molecule has 0 bridgehead atoms. The van der Waals surface area contributed by atoms with Gasteiger partial charge < -0.3 is 5.32 Å². The molecule has 0 aliphatic carbocycles. The van der Waals surface area contributed by atoms with Gasteiger partial charge in [0.1, 0.15) is 10.7 Å². The molecule has 2 aromatic rings. The van der Waals surface area contributed by atoms with Gasteiger partial charge in [0.2, 0.25) is 0 Å². The third-order valence-electron chi connectivity index (χ3n) is 3.79. The molecule has 1 aliphatic heterocycles. The number of nitrogens with one attached hydrogen (secondary N) is 1. The molecule has 4 nitrogen and oxygen atoms in total. The summed E-state index contributed by atoms with van der Waals surface area (Å²) < 4.78 is 0. The summed E-state index contributed by atoms with van der Waals surface area (Å²) in [5, 5.41) is 3.50. The van der Waals surface area contributed by atoms with Crippen molar-refractivity contribution < 1.29 is 9.59 Å². The van der Waals surface area contributed by atoms with E-state index in [1.165, 1.54) is 18.2 Å². The van der Waals surface area contributed by atoms with Crippen LogP contribution in [0.25, 0.3) is 0 Å². The van der Waals surface area contributed by atoms with Crippen LogP contribution in [0, 0.1) is 0 Å². The molecule has 3 rings (SSSR count). The minimum Gasteiger partial charge on any atom is -0.373 e. The molecule has 0 fully saturated rings. The normalized spacial score (nSPS) is 15.8. The van der Waals surface area contributed by atoms with E-state index in [9.17, 15) is 9.59 Å². The number of hydrogen-bond donors (Lipinski definition) is 1. The van der Waals surface area contributed by atoms with Crippen LogP contribution in [-0.2, 0) is 9.59 Å². The van der Waals surface area contributed by atoms with Crippen molar-refractivity contribution in [2.24, 2.45) is 0 Å². The summed E-state index contributed by atoms with van der Waals surface area (Å²) in [6.07, 6.45) is 0. The number of anilines is 1. The topological polar surface area (TPSA) is 49.4 Å². The number of rotatable bonds is 4. The van der Waals surface area contributed by atoms with Crippen LogP contribution in [0.2, 0.25) is 10.0 Å². The van der Waals surface area contributed by atoms with Gasteiger partial charge in [0, 0.05) is 16.1 Å². The Bertz CT molecular complexity index is 861. The second-order valence-electron chi connectivity index (χ2n) is 5.54. The summed E-state index contributed by atoms with van der Waals surface area (Å²) in [6, 6.07) is 13.8. The van der Waals surface area contributed by atoms with E-state index in [0.717, 1.165) is 10.5 Å². The van der Waals surface area contributed by atoms with E-state index >= 15 is 0 Å². The van der Waals surface area contributed by atoms with Crippen LogP contribution in [0.5, 0.6) is 0 Å². The highest BCUT2D eigenvalue weighted by Gasteiger charge is 2.39. The maximum Gasteiger partial charge on any atom is 0.283 e. The Balaban J connectivity index is 1.89. The molecule has 2 amide bonds. The van der Waals surface area contributed by atoms with Crippen LogP contribution in [0.3, 0.4) is 0 Å². The van der Waals surface area contributed by atoms with Crippen LogP contribution < -0.4 is 10.2 Å². The lowest BCUT2D eigenvalue weighted by Crippen LogP contribution is -2.34. The zero-order chi connectivity index (χ0) is 18.1. The van der Waals surface area contributed by atoms with E-state index in [1.807, 2.05) is 37.3 Å². The van der Waals surface area contributed by atoms with Gasteiger partial charge in [-0.1, -0.05) is 65.1 Å². The molecular formula is C18H13Cl3N2O2. The van der Waals surface area contributed by atoms with E-state index in [1.54, 1.807) is 0 Å². The van der Waals surface area contributed by atoms with E-state index in [-0.39, 0.29) is 22.5 Å². The van der Waals surface area contributed by atoms with Gasteiger partial charge in [0.25, 0.3) is 11.8 Å². The molecule has 0 aromatic heterocycles. The van der Waals surface area contributed by atoms with Gasteiger partial charge in [-0.2, -0.15) is 0 Å². The third kappa shape index (κ3) is 3.52. The Morgan fingerprint density at radius 3 is 2.12 bits per heavy atom. The lowest BCUT2D eigenvalue weighted by Gasteiger charge is -2.18. The summed E-state index contributed by atoms with van der Waals surface area (Å²) in [5.74, 6) is -1.16. The van der Waals surface area contributed by atoms with Gasteiger partial charge in [-0.15, -0.1) is 0 Å². The van der Waals surface area contributed by atoms with Crippen LogP contribution in [-0.4, -0.2) is 11.8 Å². The minimum absolute atomic E-state index is 0.0547. The number of benzene rings is 2. The van der Waals surface area contributed by atoms with Crippen LogP contribution in [0.15, 0.2) is 59.3 Å². The first-order valence-electron chi connectivity index (χ1n) is 7.44. The Kier molecular flexibility index (Phi) is 5.04. The summed E-state index contributed by atoms with van der Waals surface area (Å²) in [5.41, 5.74) is 1.29. The number of nitrogens with zero attached hydrogens (tertiary/aromatic N) is 1. The summed E-state index contributed by atoms with van der Waals surface area (Å²) in [6.45, 7) is 1.88. The van der Waals surface area contributed by atoms with Gasteiger partial charge >= 0.3 is 0 Å². The highest BCUT2D eigenvalue weighted by atomic mass is 35.5. The maximum atomic E-state index is 12.7. The molecule has 1 aliphatic rings. The molecule has 2 aromatic carbocycles. The number of hydrogen-bond acceptors (Lipinski definition) is 3. The second-order valence-corrected chi connectivity index (χ2v) is 6.79. The van der Waals surface area contributed by atoms with E-state index in [0.29, 0.717) is 10.0 Å². The van der Waals surface area contributed by atoms with Crippen LogP contribution >= 0.6 is 34.8 Å². The van der Waals surface area contributed by atoms with E-state index in [4.69, 9.17) is 34.8 Å². The first-order chi connectivity index (χ1) is 11.9. The van der Waals surface area contributed by atoms with Crippen molar-refractivity contribution in [1.29, 1.82) is 0 Å². The highest BCUT2D eigenvalue weighted by molar-refractivity contribution is 6.52. The van der Waals surface area contributed by atoms with Crippen molar-refractivity contribution in [3.63, 3.8) is 0 Å². The fourth-order valence-electron chi connectivity index (χ4n) is 2.57. The Labute approximate surface area is 160 Å². The quantitative estimate of drug-likeness (QED) is 0.766. The largest absolute Gasteiger partial charge is 0.373 e. The van der Waals surface area contributed by atoms with Crippen molar-refractivity contribution >= 4 is 52.3 Å². The summed E-state index contributed by atoms with van der Waals surface area (Å²) in [4.78, 5) is 26.1. The molecule has 0 saturated carbocycles. The van der Waals surface area contributed by atoms with Crippen molar-refractivity contribution in [1.82, 2.24) is 5.32 Å². The van der Waals surface area contributed by atoms with Crippen molar-refractivity contribution in [2.45, 2.75) is 13.0 Å². The fourth-order valence-corrected chi connectivity index (χ4v) is 3.31. The minimum atomic E-state index is -0.618. The SMILES string of the molecule is CC(NC1=C(Cl)C(=O)N(c2cc(Cl)cc(Cl)c2)C1=O)c1ccccc1. The predicted octanol–water partition coefficient (Wildman–Crippen LogP) is 4.67. The molecule has 25 heavy (non-hydrogen) atoms. The lowest BCUT2D eigenvalue weighted by molar-refractivity contribution is -0.120. The monoisotopic (exact) mass is 394 g/mol. The molecule has 1 N–H and O–H groups in total. The Morgan fingerprint density at radius 1 is 0.920 bits per heavy atom. The van der Waals surface area contributed by atoms with E-state index < -0.39 is 11.8 Å². The lowest BCUT2D eigenvalue weighted by atomic mass is 10.1. The standard InChI is InChI=1S/C18H13Cl3N2O2/c1-10(11-5-3-2-4-6-11)22-16-15(21)17(24)23(18(16)25)14-8-12(19)7-13(20)9-14/h2-10,22H,1H3. The number of halogens is 3. The molecular weight excluding hydrogens is 383 g/mol. The average molecular weight is 396 g/mol. The Morgan fingerprint density at radius 2 is 1.52 bits per heavy atom. The van der Waals surface area contributed by atoms with E-state index in [2.05, 4.69) is 5.32 Å². The molecule has 0 radical (unpaired) electrons. The van der Waals surface area contributed by atoms with Crippen molar-refractivity contribution in [3.8, 4) is 0 Å². The maximum absolute atomic E-state index is 12.7. The third-order valence-corrected chi connectivity index (χ3v) is 4.58. The summed E-state index contributed by atoms with van der Waals surface area (Å²) >= 11 is 18.0. The first-order valence-corrected chi connectivity index (χ1v) is 8.58. The molecule has 0 spiro atoms. The Hall–Kier alpha value is -2.01. The molecule has 7 heteroatoms. The van der Waals surface area contributed by atoms with Gasteiger partial charge in [-0.25, -0.2) is 4.90 Å². The molecule has 1 atom stereocenters. The zero-order valence-electron chi connectivity index (χ0n) is 13.1. The van der Waals surface area contributed by atoms with Crippen LogP contribution in [0.4, 0.5) is 5.69 Å².